The quantitative estimate of drug-likeness (QED) is 0.844. The smallest absolute Gasteiger partial charge is 0.254 e. The van der Waals surface area contributed by atoms with Gasteiger partial charge in [-0.1, -0.05) is 6.07 Å². The standard InChI is InChI=1S/C19H19N5O/c1-12-17-16(21-13(2)22-18(17)23-7-4-8-23)11-24(12)19(25)15-6-3-5-14(9-15)10-20/h3,5-6,9,12H,4,7-8,11H2,1-2H3/t12-/m1/s1. The zero-order valence-corrected chi connectivity index (χ0v) is 14.4. The van der Waals surface area contributed by atoms with Crippen molar-refractivity contribution in [3.05, 3.63) is 52.5 Å². The number of nitrogens with zero attached hydrogens (tertiary/aromatic N) is 5. The Hall–Kier alpha value is -2.94. The van der Waals surface area contributed by atoms with Crippen LogP contribution in [0.15, 0.2) is 24.3 Å². The van der Waals surface area contributed by atoms with Crippen molar-refractivity contribution in [2.24, 2.45) is 0 Å². The van der Waals surface area contributed by atoms with Gasteiger partial charge in [0.15, 0.2) is 0 Å². The first-order valence-electron chi connectivity index (χ1n) is 8.52. The van der Waals surface area contributed by atoms with Gasteiger partial charge in [0.05, 0.1) is 29.9 Å². The molecule has 2 aliphatic heterocycles. The lowest BCUT2D eigenvalue weighted by Gasteiger charge is -2.34. The second-order valence-electron chi connectivity index (χ2n) is 6.60. The van der Waals surface area contributed by atoms with E-state index >= 15 is 0 Å². The molecule has 2 aliphatic rings. The summed E-state index contributed by atoms with van der Waals surface area (Å²) >= 11 is 0. The zero-order valence-electron chi connectivity index (χ0n) is 14.4. The number of hydrogen-bond donors (Lipinski definition) is 0. The number of fused-ring (bicyclic) bond motifs is 1. The third-order valence-corrected chi connectivity index (χ3v) is 4.98. The van der Waals surface area contributed by atoms with Crippen molar-refractivity contribution in [2.75, 3.05) is 18.0 Å². The largest absolute Gasteiger partial charge is 0.356 e. The van der Waals surface area contributed by atoms with Crippen molar-refractivity contribution in [2.45, 2.75) is 32.9 Å². The Labute approximate surface area is 146 Å². The average molecular weight is 333 g/mol. The fourth-order valence-corrected chi connectivity index (χ4v) is 3.53. The van der Waals surface area contributed by atoms with E-state index in [4.69, 9.17) is 5.26 Å². The van der Waals surface area contributed by atoms with Gasteiger partial charge in [-0.05, 0) is 38.5 Å². The molecule has 1 saturated heterocycles. The number of carbonyl (C=O) groups excluding carboxylic acids is 1. The minimum absolute atomic E-state index is 0.0742. The van der Waals surface area contributed by atoms with Crippen LogP contribution in [0.5, 0.6) is 0 Å². The molecule has 0 N–H and O–H groups in total. The molecule has 0 bridgehead atoms. The number of hydrogen-bond acceptors (Lipinski definition) is 5. The van der Waals surface area contributed by atoms with Gasteiger partial charge in [-0.3, -0.25) is 4.79 Å². The molecular weight excluding hydrogens is 314 g/mol. The number of carbonyl (C=O) groups is 1. The van der Waals surface area contributed by atoms with E-state index in [1.54, 1.807) is 24.3 Å². The summed E-state index contributed by atoms with van der Waals surface area (Å²) in [6.07, 6.45) is 1.18. The molecule has 0 unspecified atom stereocenters. The van der Waals surface area contributed by atoms with Crippen LogP contribution in [0.1, 0.15) is 52.4 Å². The Kier molecular flexibility index (Phi) is 3.65. The third-order valence-electron chi connectivity index (χ3n) is 4.98. The first-order valence-corrected chi connectivity index (χ1v) is 8.52. The molecule has 1 atom stereocenters. The van der Waals surface area contributed by atoms with Gasteiger partial charge < -0.3 is 9.80 Å². The van der Waals surface area contributed by atoms with E-state index in [-0.39, 0.29) is 11.9 Å². The molecule has 1 fully saturated rings. The highest BCUT2D eigenvalue weighted by atomic mass is 16.2. The Morgan fingerprint density at radius 2 is 2.12 bits per heavy atom. The van der Waals surface area contributed by atoms with Gasteiger partial charge in [-0.25, -0.2) is 9.97 Å². The number of benzene rings is 1. The molecule has 25 heavy (non-hydrogen) atoms. The monoisotopic (exact) mass is 333 g/mol. The van der Waals surface area contributed by atoms with E-state index in [2.05, 4.69) is 20.9 Å². The highest BCUT2D eigenvalue weighted by molar-refractivity contribution is 5.95. The van der Waals surface area contributed by atoms with E-state index in [9.17, 15) is 4.79 Å². The molecule has 0 spiro atoms. The highest BCUT2D eigenvalue weighted by Gasteiger charge is 2.37. The summed E-state index contributed by atoms with van der Waals surface area (Å²) in [5.74, 6) is 1.64. The molecule has 1 aromatic heterocycles. The average Bonchev–Trinajstić information content (AvgIpc) is 2.89. The van der Waals surface area contributed by atoms with Gasteiger partial charge in [0.25, 0.3) is 5.91 Å². The Bertz CT molecular complexity index is 897. The SMILES string of the molecule is Cc1nc2c(c(N3CCC3)n1)[C@@H](C)N(C(=O)c1cccc(C#N)c1)C2. The first-order chi connectivity index (χ1) is 12.1. The first kappa shape index (κ1) is 15.6. The maximum atomic E-state index is 13.0. The summed E-state index contributed by atoms with van der Waals surface area (Å²) in [6, 6.07) is 8.86. The van der Waals surface area contributed by atoms with Crippen LogP contribution in [-0.4, -0.2) is 33.9 Å². The van der Waals surface area contributed by atoms with Gasteiger partial charge >= 0.3 is 0 Å². The van der Waals surface area contributed by atoms with Crippen LogP contribution < -0.4 is 4.90 Å². The molecule has 3 heterocycles. The van der Waals surface area contributed by atoms with Crippen LogP contribution in [0.2, 0.25) is 0 Å². The predicted molar refractivity (Wildman–Crippen MR) is 93.0 cm³/mol. The normalized spacial score (nSPS) is 18.5. The summed E-state index contributed by atoms with van der Waals surface area (Å²) in [5.41, 5.74) is 3.03. The van der Waals surface area contributed by atoms with Crippen LogP contribution in [0, 0.1) is 18.3 Å². The molecule has 6 nitrogen and oxygen atoms in total. The number of aromatic nitrogens is 2. The van der Waals surface area contributed by atoms with Crippen LogP contribution >= 0.6 is 0 Å². The zero-order chi connectivity index (χ0) is 17.6. The maximum Gasteiger partial charge on any atom is 0.254 e. The van der Waals surface area contributed by atoms with Crippen molar-refractivity contribution >= 4 is 11.7 Å². The van der Waals surface area contributed by atoms with E-state index in [1.807, 2.05) is 18.7 Å². The third kappa shape index (κ3) is 2.52. The molecule has 2 aromatic rings. The Balaban J connectivity index is 1.69. The number of rotatable bonds is 2. The summed E-state index contributed by atoms with van der Waals surface area (Å²) in [7, 11) is 0. The molecular formula is C19H19N5O. The van der Waals surface area contributed by atoms with Gasteiger partial charge in [-0.15, -0.1) is 0 Å². The summed E-state index contributed by atoms with van der Waals surface area (Å²) < 4.78 is 0. The van der Waals surface area contributed by atoms with Crippen LogP contribution in [0.4, 0.5) is 5.82 Å². The predicted octanol–water partition coefficient (Wildman–Crippen LogP) is 2.58. The van der Waals surface area contributed by atoms with Crippen molar-refractivity contribution in [3.63, 3.8) is 0 Å². The molecule has 4 rings (SSSR count). The van der Waals surface area contributed by atoms with E-state index in [0.29, 0.717) is 17.7 Å². The number of amides is 1. The second kappa shape index (κ2) is 5.85. The minimum atomic E-state index is -0.0792. The van der Waals surface area contributed by atoms with Crippen molar-refractivity contribution in [1.82, 2.24) is 14.9 Å². The second-order valence-corrected chi connectivity index (χ2v) is 6.60. The summed E-state index contributed by atoms with van der Waals surface area (Å²) in [5, 5.41) is 9.07. The van der Waals surface area contributed by atoms with Crippen LogP contribution in [0.25, 0.3) is 0 Å². The number of anilines is 1. The van der Waals surface area contributed by atoms with E-state index in [1.165, 1.54) is 6.42 Å². The van der Waals surface area contributed by atoms with Crippen molar-refractivity contribution < 1.29 is 4.79 Å². The maximum absolute atomic E-state index is 13.0. The van der Waals surface area contributed by atoms with Gasteiger partial charge in [0.1, 0.15) is 11.6 Å². The van der Waals surface area contributed by atoms with Crippen LogP contribution in [0.3, 0.4) is 0 Å². The van der Waals surface area contributed by atoms with Crippen molar-refractivity contribution in [1.29, 1.82) is 5.26 Å². The van der Waals surface area contributed by atoms with Gasteiger partial charge in [0.2, 0.25) is 0 Å². The number of nitriles is 1. The Morgan fingerprint density at radius 1 is 1.32 bits per heavy atom. The lowest BCUT2D eigenvalue weighted by molar-refractivity contribution is 0.0704. The molecule has 0 saturated carbocycles. The molecule has 6 heteroatoms. The molecule has 1 amide bonds. The number of aryl methyl sites for hydroxylation is 1. The lowest BCUT2D eigenvalue weighted by atomic mass is 10.1. The fraction of sp³-hybridized carbons (Fsp3) is 0.368. The topological polar surface area (TPSA) is 73.1 Å². The summed E-state index contributed by atoms with van der Waals surface area (Å²) in [4.78, 5) is 26.3. The highest BCUT2D eigenvalue weighted by Crippen LogP contribution is 2.39. The lowest BCUT2D eigenvalue weighted by Crippen LogP contribution is -2.39. The molecule has 0 aliphatic carbocycles. The fourth-order valence-electron chi connectivity index (χ4n) is 3.53. The Morgan fingerprint density at radius 3 is 2.80 bits per heavy atom. The molecule has 1 aromatic carbocycles. The minimum Gasteiger partial charge on any atom is -0.356 e. The van der Waals surface area contributed by atoms with E-state index in [0.717, 1.165) is 36.0 Å². The van der Waals surface area contributed by atoms with Crippen LogP contribution in [-0.2, 0) is 6.54 Å². The van der Waals surface area contributed by atoms with Gasteiger partial charge in [-0.2, -0.15) is 5.26 Å². The van der Waals surface area contributed by atoms with E-state index < -0.39 is 0 Å². The van der Waals surface area contributed by atoms with Gasteiger partial charge in [0, 0.05) is 24.2 Å². The van der Waals surface area contributed by atoms with Crippen molar-refractivity contribution in [3.8, 4) is 6.07 Å². The molecule has 126 valence electrons. The summed E-state index contributed by atoms with van der Waals surface area (Å²) in [6.45, 7) is 6.42. The molecule has 0 radical (unpaired) electrons.